The molecule has 3 saturated heterocycles. The third-order valence-corrected chi connectivity index (χ3v) is 11.9. The van der Waals surface area contributed by atoms with Gasteiger partial charge in [-0.15, -0.1) is 0 Å². The first-order chi connectivity index (χ1) is 30.5. The molecule has 0 saturated carbocycles. The Morgan fingerprint density at radius 3 is 2.37 bits per heavy atom. The highest BCUT2D eigenvalue weighted by atomic mass is 19.1. The van der Waals surface area contributed by atoms with E-state index in [1.165, 1.54) is 18.2 Å². The summed E-state index contributed by atoms with van der Waals surface area (Å²) in [5.41, 5.74) is 4.32. The Hall–Kier alpha value is -7.21. The van der Waals surface area contributed by atoms with Crippen LogP contribution in [0.3, 0.4) is 0 Å². The Bertz CT molecular complexity index is 2650. The van der Waals surface area contributed by atoms with Crippen molar-refractivity contribution in [1.29, 1.82) is 0 Å². The second kappa shape index (κ2) is 17.3. The smallest absolute Gasteiger partial charge is 0.264 e. The summed E-state index contributed by atoms with van der Waals surface area (Å²) in [6.45, 7) is 2.87. The van der Waals surface area contributed by atoms with E-state index >= 15 is 0 Å². The first kappa shape index (κ1) is 41.2. The Labute approximate surface area is 359 Å². The van der Waals surface area contributed by atoms with E-state index in [0.717, 1.165) is 35.1 Å². The number of nitrogens with one attached hydrogen (secondary N) is 5. The molecule has 18 heteroatoms. The topological polar surface area (TPSA) is 198 Å². The summed E-state index contributed by atoms with van der Waals surface area (Å²) in [6.07, 6.45) is 1.84. The number of rotatable bonds is 11. The molecule has 16 nitrogen and oxygen atoms in total. The molecule has 1 unspecified atom stereocenters. The number of H-pyrrole nitrogens is 1. The monoisotopic (exact) mass is 859 g/mol. The SMILES string of the molecule is O=C1CCC(N2C(=O)c3cccc(NCC(=O)N4CCN(c5ccc(C(=O)Nc6n[nH]c7ccc(Cc8cc(F)cc(F)c8)cc67)c(NC6CCOCC6)c5)CC4)c3C2=O)C(=O)N1. The Balaban J connectivity index is 0.857. The zero-order valence-electron chi connectivity index (χ0n) is 34.0. The maximum absolute atomic E-state index is 14.0. The van der Waals surface area contributed by atoms with Crippen LogP contribution in [0.25, 0.3) is 10.9 Å². The van der Waals surface area contributed by atoms with Crippen LogP contribution in [0.1, 0.15) is 67.9 Å². The number of fused-ring (bicyclic) bond motifs is 2. The van der Waals surface area contributed by atoms with Gasteiger partial charge in [0.15, 0.2) is 5.82 Å². The van der Waals surface area contributed by atoms with E-state index in [-0.39, 0.29) is 54.8 Å². The van der Waals surface area contributed by atoms with Crippen LogP contribution in [0.5, 0.6) is 0 Å². The molecule has 5 heterocycles. The summed E-state index contributed by atoms with van der Waals surface area (Å²) in [4.78, 5) is 83.2. The van der Waals surface area contributed by atoms with Gasteiger partial charge in [0, 0.05) is 80.4 Å². The molecular formula is C45H43F2N9O7. The van der Waals surface area contributed by atoms with Crippen molar-refractivity contribution in [3.05, 3.63) is 112 Å². The maximum atomic E-state index is 14.0. The number of anilines is 4. The number of aromatic amines is 1. The highest BCUT2D eigenvalue weighted by Crippen LogP contribution is 2.33. The minimum absolute atomic E-state index is 0.00819. The van der Waals surface area contributed by atoms with Crippen LogP contribution < -0.4 is 26.2 Å². The fourth-order valence-electron chi connectivity index (χ4n) is 8.66. The number of aromatic nitrogens is 2. The average Bonchev–Trinajstić information content (AvgIpc) is 3.78. The van der Waals surface area contributed by atoms with E-state index in [4.69, 9.17) is 4.74 Å². The maximum Gasteiger partial charge on any atom is 0.264 e. The molecule has 5 aromatic rings. The molecule has 9 rings (SSSR count). The van der Waals surface area contributed by atoms with Gasteiger partial charge in [-0.1, -0.05) is 12.1 Å². The molecule has 0 radical (unpaired) electrons. The number of piperidine rings is 1. The van der Waals surface area contributed by atoms with Crippen LogP contribution in [0.4, 0.5) is 31.7 Å². The number of halogens is 2. The first-order valence-electron chi connectivity index (χ1n) is 20.8. The zero-order valence-corrected chi connectivity index (χ0v) is 34.0. The number of nitrogens with zero attached hydrogens (tertiary/aromatic N) is 4. The Morgan fingerprint density at radius 1 is 0.825 bits per heavy atom. The summed E-state index contributed by atoms with van der Waals surface area (Å²) >= 11 is 0. The van der Waals surface area contributed by atoms with Gasteiger partial charge in [-0.25, -0.2) is 8.78 Å². The predicted molar refractivity (Wildman–Crippen MR) is 228 cm³/mol. The standard InChI is InChI=1S/C45H43F2N9O7/c46-27-19-26(20-28(47)22-27)18-25-4-7-34-33(21-25)41(53-52-34)51-42(59)31-6-5-30(23-36(31)49-29-10-16-63-17-11-29)54-12-14-55(15-13-54)39(58)24-48-35-3-1-2-32-40(35)45(62)56(44(32)61)37-8-9-38(57)50-43(37)60/h1-7,19-23,29,37,48-49H,8-18,24H2,(H,50,57,60)(H2,51,52,53,59). The van der Waals surface area contributed by atoms with E-state index in [2.05, 4.69) is 36.4 Å². The van der Waals surface area contributed by atoms with Gasteiger partial charge in [-0.2, -0.15) is 5.10 Å². The van der Waals surface area contributed by atoms with Gasteiger partial charge in [0.1, 0.15) is 17.7 Å². The van der Waals surface area contributed by atoms with Crippen LogP contribution in [0, 0.1) is 11.6 Å². The van der Waals surface area contributed by atoms with E-state index in [1.807, 2.05) is 24.3 Å². The number of amides is 6. The van der Waals surface area contributed by atoms with E-state index in [0.29, 0.717) is 78.6 Å². The van der Waals surface area contributed by atoms with Crippen molar-refractivity contribution in [2.75, 3.05) is 66.8 Å². The van der Waals surface area contributed by atoms with Crippen LogP contribution in [-0.4, -0.2) is 113 Å². The van der Waals surface area contributed by atoms with Gasteiger partial charge < -0.3 is 30.5 Å². The third kappa shape index (κ3) is 8.53. The minimum Gasteiger partial charge on any atom is -0.381 e. The summed E-state index contributed by atoms with van der Waals surface area (Å²) in [5, 5.41) is 19.7. The van der Waals surface area contributed by atoms with Crippen molar-refractivity contribution in [1.82, 2.24) is 25.3 Å². The van der Waals surface area contributed by atoms with Crippen LogP contribution in [0.2, 0.25) is 0 Å². The molecular weight excluding hydrogens is 817 g/mol. The summed E-state index contributed by atoms with van der Waals surface area (Å²) < 4.78 is 33.3. The summed E-state index contributed by atoms with van der Waals surface area (Å²) in [6, 6.07) is 18.1. The van der Waals surface area contributed by atoms with Crippen molar-refractivity contribution < 1.29 is 42.3 Å². The second-order valence-corrected chi connectivity index (χ2v) is 16.0. The lowest BCUT2D eigenvalue weighted by Gasteiger charge is -2.36. The fourth-order valence-corrected chi connectivity index (χ4v) is 8.66. The number of ether oxygens (including phenoxy) is 1. The van der Waals surface area contributed by atoms with Crippen molar-refractivity contribution >= 4 is 69.2 Å². The van der Waals surface area contributed by atoms with Crippen LogP contribution in [-0.2, 0) is 25.5 Å². The molecule has 4 aliphatic rings. The molecule has 0 bridgehead atoms. The van der Waals surface area contributed by atoms with Crippen LogP contribution >= 0.6 is 0 Å². The molecule has 63 heavy (non-hydrogen) atoms. The number of carbonyl (C=O) groups excluding carboxylic acids is 6. The average molecular weight is 860 g/mol. The molecule has 324 valence electrons. The van der Waals surface area contributed by atoms with E-state index < -0.39 is 41.3 Å². The van der Waals surface area contributed by atoms with E-state index in [1.54, 1.807) is 29.2 Å². The number of hydrogen-bond donors (Lipinski definition) is 5. The first-order valence-corrected chi connectivity index (χ1v) is 20.8. The lowest BCUT2D eigenvalue weighted by Crippen LogP contribution is -2.54. The largest absolute Gasteiger partial charge is 0.381 e. The van der Waals surface area contributed by atoms with Gasteiger partial charge in [0.05, 0.1) is 28.8 Å². The number of carbonyl (C=O) groups is 6. The summed E-state index contributed by atoms with van der Waals surface area (Å²) in [7, 11) is 0. The third-order valence-electron chi connectivity index (χ3n) is 11.9. The molecule has 3 fully saturated rings. The van der Waals surface area contributed by atoms with Crippen molar-refractivity contribution in [2.45, 2.75) is 44.2 Å². The van der Waals surface area contributed by atoms with E-state index in [9.17, 15) is 37.5 Å². The fraction of sp³-hybridized carbons (Fsp3) is 0.311. The molecule has 0 spiro atoms. The number of imide groups is 2. The molecule has 4 aliphatic heterocycles. The molecule has 6 amide bonds. The van der Waals surface area contributed by atoms with Gasteiger partial charge in [-0.05, 0) is 91.4 Å². The van der Waals surface area contributed by atoms with Crippen LogP contribution in [0.15, 0.2) is 72.8 Å². The van der Waals surface area contributed by atoms with Crippen molar-refractivity contribution in [3.63, 3.8) is 0 Å². The summed E-state index contributed by atoms with van der Waals surface area (Å²) in [5.74, 6) is -4.04. The molecule has 0 aliphatic carbocycles. The lowest BCUT2D eigenvalue weighted by molar-refractivity contribution is -0.136. The second-order valence-electron chi connectivity index (χ2n) is 16.0. The normalized spacial score (nSPS) is 18.1. The van der Waals surface area contributed by atoms with Gasteiger partial charge >= 0.3 is 0 Å². The van der Waals surface area contributed by atoms with Gasteiger partial charge in [0.2, 0.25) is 17.7 Å². The lowest BCUT2D eigenvalue weighted by atomic mass is 10.0. The Morgan fingerprint density at radius 2 is 1.60 bits per heavy atom. The minimum atomic E-state index is -1.10. The van der Waals surface area contributed by atoms with Crippen molar-refractivity contribution in [2.24, 2.45) is 0 Å². The molecule has 4 aromatic carbocycles. The van der Waals surface area contributed by atoms with Crippen molar-refractivity contribution in [3.8, 4) is 0 Å². The Kier molecular flexibility index (Phi) is 11.3. The van der Waals surface area contributed by atoms with Gasteiger partial charge in [-0.3, -0.25) is 44.1 Å². The molecule has 5 N–H and O–H groups in total. The predicted octanol–water partition coefficient (Wildman–Crippen LogP) is 4.44. The zero-order chi connectivity index (χ0) is 43.8. The highest BCUT2D eigenvalue weighted by Gasteiger charge is 2.45. The number of benzene rings is 4. The quantitative estimate of drug-likeness (QED) is 0.118. The molecule has 1 atom stereocenters. The number of hydrogen-bond acceptors (Lipinski definition) is 11. The molecule has 1 aromatic heterocycles. The number of piperazine rings is 1. The van der Waals surface area contributed by atoms with Gasteiger partial charge in [0.25, 0.3) is 17.7 Å². The highest BCUT2D eigenvalue weighted by molar-refractivity contribution is 6.25.